The van der Waals surface area contributed by atoms with Gasteiger partial charge in [0.25, 0.3) is 0 Å². The summed E-state index contributed by atoms with van der Waals surface area (Å²) in [5, 5.41) is 13.1. The molecule has 2 aliphatic rings. The summed E-state index contributed by atoms with van der Waals surface area (Å²) in [6.07, 6.45) is 4.11. The van der Waals surface area contributed by atoms with E-state index in [1.54, 1.807) is 6.07 Å². The van der Waals surface area contributed by atoms with Crippen molar-refractivity contribution in [3.8, 4) is 5.75 Å². The van der Waals surface area contributed by atoms with Crippen molar-refractivity contribution < 1.29 is 9.90 Å². The molecule has 1 heterocycles. The van der Waals surface area contributed by atoms with Gasteiger partial charge in [0.05, 0.1) is 6.54 Å². The van der Waals surface area contributed by atoms with Gasteiger partial charge in [0.1, 0.15) is 5.75 Å². The van der Waals surface area contributed by atoms with Crippen LogP contribution in [0.25, 0.3) is 0 Å². The molecule has 1 atom stereocenters. The molecule has 0 aromatic heterocycles. The first-order valence-corrected chi connectivity index (χ1v) is 7.07. The maximum Gasteiger partial charge on any atom is 0.236 e. The van der Waals surface area contributed by atoms with Crippen LogP contribution in [0.3, 0.4) is 0 Å². The van der Waals surface area contributed by atoms with E-state index >= 15 is 0 Å². The number of aromatic hydroxyl groups is 1. The van der Waals surface area contributed by atoms with E-state index in [0.29, 0.717) is 12.3 Å². The zero-order valence-electron chi connectivity index (χ0n) is 11.1. The number of carbonyl (C=O) groups is 1. The van der Waals surface area contributed by atoms with Crippen LogP contribution >= 0.6 is 0 Å². The van der Waals surface area contributed by atoms with Crippen molar-refractivity contribution in [2.45, 2.75) is 31.7 Å². The molecule has 0 saturated carbocycles. The van der Waals surface area contributed by atoms with E-state index in [-0.39, 0.29) is 11.9 Å². The molecule has 3 rings (SSSR count). The molecule has 1 unspecified atom stereocenters. The van der Waals surface area contributed by atoms with E-state index in [1.807, 2.05) is 17.0 Å². The van der Waals surface area contributed by atoms with E-state index in [2.05, 4.69) is 5.32 Å². The van der Waals surface area contributed by atoms with Gasteiger partial charge >= 0.3 is 0 Å². The summed E-state index contributed by atoms with van der Waals surface area (Å²) in [7, 11) is 0. The summed E-state index contributed by atoms with van der Waals surface area (Å²) < 4.78 is 0. The van der Waals surface area contributed by atoms with Crippen molar-refractivity contribution in [1.82, 2.24) is 10.2 Å². The lowest BCUT2D eigenvalue weighted by molar-refractivity contribution is -0.129. The Hall–Kier alpha value is -1.55. The summed E-state index contributed by atoms with van der Waals surface area (Å²) in [5.41, 5.74) is 2.18. The van der Waals surface area contributed by atoms with Crippen molar-refractivity contribution in [2.75, 3.05) is 19.6 Å². The fourth-order valence-electron chi connectivity index (χ4n) is 3.14. The van der Waals surface area contributed by atoms with Crippen LogP contribution in [0.5, 0.6) is 5.75 Å². The highest BCUT2D eigenvalue weighted by Gasteiger charge is 2.25. The minimum Gasteiger partial charge on any atom is -0.508 e. The highest BCUT2D eigenvalue weighted by atomic mass is 16.3. The van der Waals surface area contributed by atoms with E-state index in [9.17, 15) is 9.90 Å². The normalized spacial score (nSPS) is 21.7. The third-order valence-corrected chi connectivity index (χ3v) is 4.20. The minimum atomic E-state index is 0.200. The number of phenols is 1. The topological polar surface area (TPSA) is 52.6 Å². The molecule has 0 spiro atoms. The third kappa shape index (κ3) is 2.45. The predicted molar refractivity (Wildman–Crippen MR) is 73.0 cm³/mol. The molecule has 0 radical (unpaired) electrons. The van der Waals surface area contributed by atoms with Crippen molar-refractivity contribution in [3.05, 3.63) is 29.3 Å². The largest absolute Gasteiger partial charge is 0.508 e. The van der Waals surface area contributed by atoms with Crippen LogP contribution < -0.4 is 5.32 Å². The van der Waals surface area contributed by atoms with E-state index in [0.717, 1.165) is 49.9 Å². The highest BCUT2D eigenvalue weighted by Crippen LogP contribution is 2.36. The van der Waals surface area contributed by atoms with Crippen molar-refractivity contribution in [1.29, 1.82) is 0 Å². The molecule has 1 aliphatic heterocycles. The average molecular weight is 260 g/mol. The number of carbonyl (C=O) groups excluding carboxylic acids is 1. The van der Waals surface area contributed by atoms with Gasteiger partial charge in [-0.2, -0.15) is 0 Å². The number of amides is 1. The lowest BCUT2D eigenvalue weighted by Crippen LogP contribution is -2.37. The van der Waals surface area contributed by atoms with Crippen molar-refractivity contribution >= 4 is 5.91 Å². The predicted octanol–water partition coefficient (Wildman–Crippen LogP) is 1.59. The monoisotopic (exact) mass is 260 g/mol. The number of hydrogen-bond donors (Lipinski definition) is 2. The van der Waals surface area contributed by atoms with Gasteiger partial charge in [-0.15, -0.1) is 0 Å². The van der Waals surface area contributed by atoms with E-state index in [1.165, 1.54) is 0 Å². The summed E-state index contributed by atoms with van der Waals surface area (Å²) >= 11 is 0. The minimum absolute atomic E-state index is 0.200. The fraction of sp³-hybridized carbons (Fsp3) is 0.533. The molecule has 1 aliphatic carbocycles. The van der Waals surface area contributed by atoms with E-state index < -0.39 is 0 Å². The fourth-order valence-corrected chi connectivity index (χ4v) is 3.14. The molecule has 1 saturated heterocycles. The van der Waals surface area contributed by atoms with E-state index in [4.69, 9.17) is 0 Å². The van der Waals surface area contributed by atoms with Crippen LogP contribution in [-0.4, -0.2) is 35.5 Å². The SMILES string of the molecule is O=C(CNC1CCc2c(O)cccc21)N1CCCC1. The average Bonchev–Trinajstić information content (AvgIpc) is 3.06. The van der Waals surface area contributed by atoms with Gasteiger partial charge in [-0.25, -0.2) is 0 Å². The van der Waals surface area contributed by atoms with Gasteiger partial charge in [-0.1, -0.05) is 12.1 Å². The van der Waals surface area contributed by atoms with Gasteiger partial charge in [0.2, 0.25) is 5.91 Å². The molecule has 102 valence electrons. The molecule has 1 fully saturated rings. The van der Waals surface area contributed by atoms with Gasteiger partial charge < -0.3 is 15.3 Å². The number of benzene rings is 1. The second kappa shape index (κ2) is 5.21. The molecular weight excluding hydrogens is 240 g/mol. The van der Waals surface area contributed by atoms with Crippen molar-refractivity contribution in [2.24, 2.45) is 0 Å². The second-order valence-electron chi connectivity index (χ2n) is 5.40. The van der Waals surface area contributed by atoms with Crippen LogP contribution in [-0.2, 0) is 11.2 Å². The number of nitrogens with zero attached hydrogens (tertiary/aromatic N) is 1. The summed E-state index contributed by atoms with van der Waals surface area (Å²) in [6.45, 7) is 2.21. The summed E-state index contributed by atoms with van der Waals surface area (Å²) in [4.78, 5) is 13.9. The summed E-state index contributed by atoms with van der Waals surface area (Å²) in [6, 6.07) is 5.85. The first-order chi connectivity index (χ1) is 9.25. The quantitative estimate of drug-likeness (QED) is 0.868. The van der Waals surface area contributed by atoms with Gasteiger partial charge in [-0.05, 0) is 42.9 Å². The molecule has 19 heavy (non-hydrogen) atoms. The zero-order valence-corrected chi connectivity index (χ0v) is 11.1. The van der Waals surface area contributed by atoms with Crippen LogP contribution in [0, 0.1) is 0 Å². The Bertz CT molecular complexity index is 481. The van der Waals surface area contributed by atoms with Crippen molar-refractivity contribution in [3.63, 3.8) is 0 Å². The maximum absolute atomic E-state index is 12.0. The smallest absolute Gasteiger partial charge is 0.236 e. The lowest BCUT2D eigenvalue weighted by atomic mass is 10.1. The van der Waals surface area contributed by atoms with Crippen LogP contribution in [0.2, 0.25) is 0 Å². The van der Waals surface area contributed by atoms with Crippen LogP contribution in [0.1, 0.15) is 36.4 Å². The maximum atomic E-state index is 12.0. The number of fused-ring (bicyclic) bond motifs is 1. The number of hydrogen-bond acceptors (Lipinski definition) is 3. The van der Waals surface area contributed by atoms with Crippen LogP contribution in [0.15, 0.2) is 18.2 Å². The molecule has 0 bridgehead atoms. The second-order valence-corrected chi connectivity index (χ2v) is 5.40. The molecule has 1 amide bonds. The van der Waals surface area contributed by atoms with Crippen LogP contribution in [0.4, 0.5) is 0 Å². The van der Waals surface area contributed by atoms with Gasteiger partial charge in [0.15, 0.2) is 0 Å². The number of likely N-dealkylation sites (tertiary alicyclic amines) is 1. The number of nitrogens with one attached hydrogen (secondary N) is 1. The molecule has 1 aromatic carbocycles. The third-order valence-electron chi connectivity index (χ3n) is 4.20. The zero-order chi connectivity index (χ0) is 13.2. The summed E-state index contributed by atoms with van der Waals surface area (Å²) in [5.74, 6) is 0.582. The van der Waals surface area contributed by atoms with Gasteiger partial charge in [-0.3, -0.25) is 4.79 Å². The molecule has 2 N–H and O–H groups in total. The molecule has 4 heteroatoms. The Balaban J connectivity index is 1.60. The first-order valence-electron chi connectivity index (χ1n) is 7.07. The Morgan fingerprint density at radius 3 is 2.95 bits per heavy atom. The Labute approximate surface area is 113 Å². The first kappa shape index (κ1) is 12.5. The molecular formula is C15H20N2O2. The highest BCUT2D eigenvalue weighted by molar-refractivity contribution is 5.78. The Kier molecular flexibility index (Phi) is 3.42. The number of phenolic OH excluding ortho intramolecular Hbond substituents is 1. The number of rotatable bonds is 3. The Morgan fingerprint density at radius 1 is 1.37 bits per heavy atom. The Morgan fingerprint density at radius 2 is 2.16 bits per heavy atom. The molecule has 1 aromatic rings. The standard InChI is InChI=1S/C15H20N2O2/c18-14-5-3-4-11-12(14)6-7-13(11)16-10-15(19)17-8-1-2-9-17/h3-5,13,16,18H,1-2,6-10H2. The lowest BCUT2D eigenvalue weighted by Gasteiger charge is -2.18. The van der Waals surface area contributed by atoms with Gasteiger partial charge in [0, 0.05) is 19.1 Å². The molecule has 4 nitrogen and oxygen atoms in total.